The maximum atomic E-state index is 3.63. The molecule has 1 aromatic rings. The molecule has 0 saturated carbocycles. The predicted molar refractivity (Wildman–Crippen MR) is 84.6 cm³/mol. The van der Waals surface area contributed by atoms with Crippen LogP contribution < -0.4 is 0 Å². The molecule has 0 heterocycles. The first-order valence-corrected chi connectivity index (χ1v) is 6.74. The van der Waals surface area contributed by atoms with Gasteiger partial charge in [0, 0.05) is 0 Å². The lowest BCUT2D eigenvalue weighted by atomic mass is 9.97. The van der Waals surface area contributed by atoms with E-state index in [1.54, 1.807) is 0 Å². The Morgan fingerprint density at radius 2 is 1.78 bits per heavy atom. The fraction of sp³-hybridized carbons (Fsp3) is 0.333. The summed E-state index contributed by atoms with van der Waals surface area (Å²) >= 11 is 0. The maximum Gasteiger partial charge on any atom is -0.0222 e. The fourth-order valence-corrected chi connectivity index (χ4v) is 1.64. The molecule has 0 radical (unpaired) electrons. The highest BCUT2D eigenvalue weighted by molar-refractivity contribution is 5.45. The van der Waals surface area contributed by atoms with Crippen molar-refractivity contribution in [3.8, 4) is 0 Å². The summed E-state index contributed by atoms with van der Waals surface area (Å²) in [7, 11) is 0. The van der Waals surface area contributed by atoms with Gasteiger partial charge in [-0.1, -0.05) is 87.6 Å². The molecule has 1 aromatic carbocycles. The molecule has 1 aliphatic rings. The van der Waals surface area contributed by atoms with Crippen LogP contribution in [0.15, 0.2) is 60.7 Å². The van der Waals surface area contributed by atoms with Crippen molar-refractivity contribution in [3.05, 3.63) is 66.3 Å². The summed E-state index contributed by atoms with van der Waals surface area (Å²) in [6.45, 7) is 12.1. The number of hydrogen-bond donors (Lipinski definition) is 0. The molecule has 0 amide bonds. The number of benzene rings is 1. The largest absolute Gasteiger partial charge is 0.0985 e. The first kappa shape index (κ1) is 16.4. The molecule has 0 fully saturated rings. The van der Waals surface area contributed by atoms with Crippen molar-refractivity contribution in [2.75, 3.05) is 0 Å². The van der Waals surface area contributed by atoms with E-state index in [1.165, 1.54) is 17.6 Å². The first-order chi connectivity index (χ1) is 8.72. The summed E-state index contributed by atoms with van der Waals surface area (Å²) in [5.41, 5.74) is 2.67. The van der Waals surface area contributed by atoms with E-state index in [0.29, 0.717) is 0 Å². The van der Waals surface area contributed by atoms with Crippen LogP contribution >= 0.6 is 0 Å². The Bertz CT molecular complexity index is 368. The molecule has 1 atom stereocenters. The molecule has 0 aliphatic heterocycles. The van der Waals surface area contributed by atoms with Crippen molar-refractivity contribution in [3.63, 3.8) is 0 Å². The summed E-state index contributed by atoms with van der Waals surface area (Å²) in [5, 5.41) is 0. The molecule has 0 N–H and O–H groups in total. The van der Waals surface area contributed by atoms with Gasteiger partial charge >= 0.3 is 0 Å². The minimum Gasteiger partial charge on any atom is -0.0985 e. The van der Waals surface area contributed by atoms with Crippen LogP contribution in [0, 0.1) is 5.92 Å². The Balaban J connectivity index is 0.000000283. The van der Waals surface area contributed by atoms with Crippen LogP contribution in [-0.2, 0) is 0 Å². The van der Waals surface area contributed by atoms with Crippen molar-refractivity contribution < 1.29 is 0 Å². The topological polar surface area (TPSA) is 0 Å². The van der Waals surface area contributed by atoms with Gasteiger partial charge < -0.3 is 0 Å². The van der Waals surface area contributed by atoms with E-state index in [2.05, 4.69) is 38.7 Å². The highest BCUT2D eigenvalue weighted by Crippen LogP contribution is 2.16. The van der Waals surface area contributed by atoms with Crippen LogP contribution in [0.4, 0.5) is 0 Å². The molecule has 2 rings (SSSR count). The SMILES string of the molecule is C=Cc1ccccc1.CC.CC1=CC=CC(C)C1. The zero-order chi connectivity index (χ0) is 13.8. The number of hydrogen-bond acceptors (Lipinski definition) is 0. The van der Waals surface area contributed by atoms with E-state index in [0.717, 1.165) is 5.92 Å². The van der Waals surface area contributed by atoms with Crippen molar-refractivity contribution in [2.24, 2.45) is 5.92 Å². The van der Waals surface area contributed by atoms with Crippen molar-refractivity contribution in [1.82, 2.24) is 0 Å². The molecular formula is C18H26. The van der Waals surface area contributed by atoms with Gasteiger partial charge in [-0.3, -0.25) is 0 Å². The standard InChI is InChI=1S/C8H12.C8H8.C2H6/c1-7-4-3-5-8(2)6-7;1-2-8-6-4-3-5-7-8;1-2/h3-5,7H,6H2,1-2H3;2-7H,1H2;1-2H3. The van der Waals surface area contributed by atoms with Gasteiger partial charge in [0.2, 0.25) is 0 Å². The first-order valence-electron chi connectivity index (χ1n) is 6.74. The molecule has 18 heavy (non-hydrogen) atoms. The lowest BCUT2D eigenvalue weighted by Crippen LogP contribution is -1.93. The van der Waals surface area contributed by atoms with Crippen LogP contribution in [-0.4, -0.2) is 0 Å². The summed E-state index contributed by atoms with van der Waals surface area (Å²) < 4.78 is 0. The van der Waals surface area contributed by atoms with Gasteiger partial charge in [0.05, 0.1) is 0 Å². The molecule has 0 heteroatoms. The van der Waals surface area contributed by atoms with Gasteiger partial charge in [-0.25, -0.2) is 0 Å². The Hall–Kier alpha value is -1.56. The molecule has 0 spiro atoms. The normalized spacial score (nSPS) is 16.4. The van der Waals surface area contributed by atoms with Crippen LogP contribution in [0.25, 0.3) is 6.08 Å². The highest BCUT2D eigenvalue weighted by atomic mass is 14.1. The highest BCUT2D eigenvalue weighted by Gasteiger charge is 2.00. The fourth-order valence-electron chi connectivity index (χ4n) is 1.64. The molecule has 98 valence electrons. The minimum atomic E-state index is 0.764. The zero-order valence-electron chi connectivity index (χ0n) is 12.2. The van der Waals surface area contributed by atoms with Crippen LogP contribution in [0.3, 0.4) is 0 Å². The van der Waals surface area contributed by atoms with Crippen molar-refractivity contribution in [1.29, 1.82) is 0 Å². The third kappa shape index (κ3) is 7.67. The van der Waals surface area contributed by atoms with Gasteiger partial charge in [0.1, 0.15) is 0 Å². The lowest BCUT2D eigenvalue weighted by molar-refractivity contribution is 0.707. The van der Waals surface area contributed by atoms with E-state index < -0.39 is 0 Å². The third-order valence-electron chi connectivity index (χ3n) is 2.50. The van der Waals surface area contributed by atoms with Crippen LogP contribution in [0.1, 0.15) is 39.7 Å². The average Bonchev–Trinajstić information content (AvgIpc) is 2.42. The molecule has 0 nitrogen and oxygen atoms in total. The maximum absolute atomic E-state index is 3.63. The second kappa shape index (κ2) is 10.6. The van der Waals surface area contributed by atoms with E-state index in [9.17, 15) is 0 Å². The molecular weight excluding hydrogens is 216 g/mol. The summed E-state index contributed by atoms with van der Waals surface area (Å²) in [5.74, 6) is 0.764. The third-order valence-corrected chi connectivity index (χ3v) is 2.50. The smallest absolute Gasteiger partial charge is 0.0222 e. The quantitative estimate of drug-likeness (QED) is 0.576. The van der Waals surface area contributed by atoms with Gasteiger partial charge in [0.25, 0.3) is 0 Å². The van der Waals surface area contributed by atoms with Crippen LogP contribution in [0.2, 0.25) is 0 Å². The van der Waals surface area contributed by atoms with E-state index in [-0.39, 0.29) is 0 Å². The van der Waals surface area contributed by atoms with Crippen molar-refractivity contribution >= 4 is 6.08 Å². The minimum absolute atomic E-state index is 0.764. The predicted octanol–water partition coefficient (Wildman–Crippen LogP) is 5.88. The summed E-state index contributed by atoms with van der Waals surface area (Å²) in [6.07, 6.45) is 9.65. The number of rotatable bonds is 1. The van der Waals surface area contributed by atoms with E-state index >= 15 is 0 Å². The average molecular weight is 242 g/mol. The Morgan fingerprint density at radius 3 is 2.11 bits per heavy atom. The van der Waals surface area contributed by atoms with Gasteiger partial charge in [-0.2, -0.15) is 0 Å². The molecule has 1 unspecified atom stereocenters. The Labute approximate surface area is 113 Å². The van der Waals surface area contributed by atoms with E-state index in [1.807, 2.05) is 50.3 Å². The molecule has 1 aliphatic carbocycles. The van der Waals surface area contributed by atoms with E-state index in [4.69, 9.17) is 0 Å². The Morgan fingerprint density at radius 1 is 1.17 bits per heavy atom. The van der Waals surface area contributed by atoms with Gasteiger partial charge in [-0.05, 0) is 24.8 Å². The molecule has 0 saturated heterocycles. The monoisotopic (exact) mass is 242 g/mol. The summed E-state index contributed by atoms with van der Waals surface area (Å²) in [6, 6.07) is 10.0. The lowest BCUT2D eigenvalue weighted by Gasteiger charge is -2.08. The summed E-state index contributed by atoms with van der Waals surface area (Å²) in [4.78, 5) is 0. The second-order valence-electron chi connectivity index (χ2n) is 4.19. The molecule has 0 aromatic heterocycles. The van der Waals surface area contributed by atoms with Crippen molar-refractivity contribution in [2.45, 2.75) is 34.1 Å². The van der Waals surface area contributed by atoms with Gasteiger partial charge in [0.15, 0.2) is 0 Å². The second-order valence-corrected chi connectivity index (χ2v) is 4.19. The van der Waals surface area contributed by atoms with Gasteiger partial charge in [-0.15, -0.1) is 0 Å². The zero-order valence-corrected chi connectivity index (χ0v) is 12.2. The number of allylic oxidation sites excluding steroid dienone is 4. The molecule has 0 bridgehead atoms. The Kier molecular flexibility index (Phi) is 9.67. The van der Waals surface area contributed by atoms with Crippen LogP contribution in [0.5, 0.6) is 0 Å².